The van der Waals surface area contributed by atoms with Gasteiger partial charge in [-0.05, 0) is 77.6 Å². The number of benzene rings is 4. The van der Waals surface area contributed by atoms with Crippen LogP contribution in [0.3, 0.4) is 0 Å². The van der Waals surface area contributed by atoms with Crippen molar-refractivity contribution in [1.29, 1.82) is 0 Å². The molecule has 0 bridgehead atoms. The number of alkyl halides is 2. The first-order valence-corrected chi connectivity index (χ1v) is 14.1. The molecular formula is C39H32F2O4. The van der Waals surface area contributed by atoms with Crippen molar-refractivity contribution in [2.24, 2.45) is 0 Å². The van der Waals surface area contributed by atoms with Gasteiger partial charge in [0, 0.05) is 16.7 Å². The molecule has 0 aliphatic heterocycles. The van der Waals surface area contributed by atoms with Crippen LogP contribution in [0.2, 0.25) is 0 Å². The van der Waals surface area contributed by atoms with E-state index in [0.717, 1.165) is 22.3 Å². The van der Waals surface area contributed by atoms with E-state index in [1.54, 1.807) is 86.7 Å². The van der Waals surface area contributed by atoms with Gasteiger partial charge >= 0.3 is 11.9 Å². The number of carbonyl (C=O) groups is 2. The Morgan fingerprint density at radius 3 is 1.27 bits per heavy atom. The molecule has 0 fully saturated rings. The van der Waals surface area contributed by atoms with Crippen molar-refractivity contribution in [3.8, 4) is 11.5 Å². The summed E-state index contributed by atoms with van der Waals surface area (Å²) in [5, 5.41) is 0. The van der Waals surface area contributed by atoms with Gasteiger partial charge < -0.3 is 9.47 Å². The molecule has 0 unspecified atom stereocenters. The quantitative estimate of drug-likeness (QED) is 0.0742. The smallest absolute Gasteiger partial charge is 0.338 e. The molecule has 4 nitrogen and oxygen atoms in total. The Kier molecular flexibility index (Phi) is 10.9. The van der Waals surface area contributed by atoms with Crippen LogP contribution >= 0.6 is 0 Å². The van der Waals surface area contributed by atoms with Gasteiger partial charge in [0.05, 0.1) is 0 Å². The molecule has 0 aliphatic rings. The van der Waals surface area contributed by atoms with Gasteiger partial charge in [-0.2, -0.15) is 0 Å². The molecule has 4 aromatic rings. The average Bonchev–Trinajstić information content (AvgIpc) is 3.03. The van der Waals surface area contributed by atoms with Crippen molar-refractivity contribution in [2.45, 2.75) is 20.3 Å². The molecule has 0 aliphatic carbocycles. The first-order chi connectivity index (χ1) is 21.6. The fourth-order valence-corrected chi connectivity index (χ4v) is 4.01. The second-order valence-electron chi connectivity index (χ2n) is 10.3. The summed E-state index contributed by atoms with van der Waals surface area (Å²) in [7, 11) is 0. The number of carbonyl (C=O) groups excluding carboxylic acids is 2. The monoisotopic (exact) mass is 602 g/mol. The number of esters is 2. The van der Waals surface area contributed by atoms with Crippen molar-refractivity contribution in [1.82, 2.24) is 0 Å². The van der Waals surface area contributed by atoms with Crippen molar-refractivity contribution in [2.75, 3.05) is 0 Å². The summed E-state index contributed by atoms with van der Waals surface area (Å²) >= 11 is 0. The molecule has 0 heterocycles. The van der Waals surface area contributed by atoms with Crippen molar-refractivity contribution >= 4 is 48.4 Å². The first-order valence-electron chi connectivity index (χ1n) is 14.1. The van der Waals surface area contributed by atoms with Gasteiger partial charge in [0.2, 0.25) is 0 Å². The molecule has 0 spiro atoms. The number of hydrogen-bond acceptors (Lipinski definition) is 4. The molecule has 0 saturated carbocycles. The summed E-state index contributed by atoms with van der Waals surface area (Å²) in [5.74, 6) is -0.116. The van der Waals surface area contributed by atoms with Gasteiger partial charge in [0.15, 0.2) is 0 Å². The maximum Gasteiger partial charge on any atom is 0.338 e. The highest BCUT2D eigenvalue weighted by Crippen LogP contribution is 2.27. The van der Waals surface area contributed by atoms with Crippen LogP contribution in [0.1, 0.15) is 59.2 Å². The molecule has 4 rings (SSSR count). The SMILES string of the molecule is C=C(C)C(=O)Oc1ccc(C=Cc2ccc(C=Cc3ccc(C=Cc4ccc(OC(=O)C(=C)C)cc4)cc3C(F)F)cc2)cc1. The third kappa shape index (κ3) is 9.70. The molecule has 0 aromatic heterocycles. The standard InChI is InChI=1S/C39H32F2O4/c1-26(2)38(42)44-34-21-15-30(16-22-34)10-7-28-5-8-29(9-6-28)13-19-33-20-14-32(25-36(33)37(40)41)12-11-31-17-23-35(24-18-31)45-39(43)27(3)4/h5-25,37H,1,3H2,2,4H3. The number of halogens is 2. The fourth-order valence-electron chi connectivity index (χ4n) is 4.01. The van der Waals surface area contributed by atoms with Crippen LogP contribution in [0.15, 0.2) is 115 Å². The van der Waals surface area contributed by atoms with E-state index in [0.29, 0.717) is 33.8 Å². The second-order valence-corrected chi connectivity index (χ2v) is 10.3. The Bertz CT molecular complexity index is 1780. The minimum atomic E-state index is -2.64. The maximum absolute atomic E-state index is 14.0. The van der Waals surface area contributed by atoms with E-state index in [-0.39, 0.29) is 5.56 Å². The van der Waals surface area contributed by atoms with Gasteiger partial charge in [-0.25, -0.2) is 18.4 Å². The van der Waals surface area contributed by atoms with Crippen LogP contribution in [-0.4, -0.2) is 11.9 Å². The van der Waals surface area contributed by atoms with Crippen molar-refractivity contribution < 1.29 is 27.8 Å². The van der Waals surface area contributed by atoms with E-state index in [4.69, 9.17) is 9.47 Å². The van der Waals surface area contributed by atoms with Gasteiger partial charge in [-0.3, -0.25) is 0 Å². The van der Waals surface area contributed by atoms with Crippen LogP contribution in [0.4, 0.5) is 8.78 Å². The number of hydrogen-bond donors (Lipinski definition) is 0. The Balaban J connectivity index is 1.38. The number of ether oxygens (including phenoxy) is 2. The lowest BCUT2D eigenvalue weighted by Crippen LogP contribution is -2.07. The highest BCUT2D eigenvalue weighted by molar-refractivity contribution is 5.89. The summed E-state index contributed by atoms with van der Waals surface area (Å²) < 4.78 is 38.3. The molecule has 0 radical (unpaired) electrons. The maximum atomic E-state index is 14.0. The lowest BCUT2D eigenvalue weighted by atomic mass is 10.0. The summed E-state index contributed by atoms with van der Waals surface area (Å²) in [6.45, 7) is 10.3. The minimum Gasteiger partial charge on any atom is -0.423 e. The zero-order valence-corrected chi connectivity index (χ0v) is 25.0. The van der Waals surface area contributed by atoms with Gasteiger partial charge in [0.1, 0.15) is 11.5 Å². The van der Waals surface area contributed by atoms with Crippen molar-refractivity contribution in [3.63, 3.8) is 0 Å². The molecule has 0 saturated heterocycles. The molecule has 0 amide bonds. The molecule has 6 heteroatoms. The first kappa shape index (κ1) is 32.3. The van der Waals surface area contributed by atoms with E-state index in [1.165, 1.54) is 6.07 Å². The Morgan fingerprint density at radius 2 is 0.889 bits per heavy atom. The van der Waals surface area contributed by atoms with Gasteiger partial charge in [-0.15, -0.1) is 0 Å². The normalized spacial score (nSPS) is 11.4. The van der Waals surface area contributed by atoms with E-state index in [9.17, 15) is 18.4 Å². The predicted octanol–water partition coefficient (Wildman–Crippen LogP) is 10.1. The summed E-state index contributed by atoms with van der Waals surface area (Å²) in [4.78, 5) is 23.3. The van der Waals surface area contributed by atoms with Crippen LogP contribution in [0.5, 0.6) is 11.5 Å². The zero-order chi connectivity index (χ0) is 32.3. The van der Waals surface area contributed by atoms with E-state index < -0.39 is 18.4 Å². The van der Waals surface area contributed by atoms with Crippen molar-refractivity contribution in [3.05, 3.63) is 154 Å². The topological polar surface area (TPSA) is 52.6 Å². The second kappa shape index (κ2) is 15.2. The van der Waals surface area contributed by atoms with E-state index in [1.807, 2.05) is 48.6 Å². The highest BCUT2D eigenvalue weighted by atomic mass is 19.3. The third-order valence-corrected chi connectivity index (χ3v) is 6.55. The fraction of sp³-hybridized carbons (Fsp3) is 0.0769. The highest BCUT2D eigenvalue weighted by Gasteiger charge is 2.12. The van der Waals surface area contributed by atoms with Gasteiger partial charge in [0.25, 0.3) is 6.43 Å². The molecule has 0 N–H and O–H groups in total. The Labute approximate surface area is 262 Å². The largest absolute Gasteiger partial charge is 0.423 e. The lowest BCUT2D eigenvalue weighted by Gasteiger charge is -2.07. The van der Waals surface area contributed by atoms with E-state index >= 15 is 0 Å². The minimum absolute atomic E-state index is 0.0598. The molecule has 0 atom stereocenters. The Hall–Kier alpha value is -5.62. The third-order valence-electron chi connectivity index (χ3n) is 6.55. The molecule has 45 heavy (non-hydrogen) atoms. The Morgan fingerprint density at radius 1 is 0.556 bits per heavy atom. The van der Waals surface area contributed by atoms with Crippen LogP contribution in [0.25, 0.3) is 36.5 Å². The average molecular weight is 603 g/mol. The molecule has 4 aromatic carbocycles. The van der Waals surface area contributed by atoms with Crippen LogP contribution in [0, 0.1) is 0 Å². The van der Waals surface area contributed by atoms with Crippen LogP contribution < -0.4 is 9.47 Å². The summed E-state index contributed by atoms with van der Waals surface area (Å²) in [6, 6.07) is 26.7. The zero-order valence-electron chi connectivity index (χ0n) is 25.0. The molecular weight excluding hydrogens is 570 g/mol. The molecule has 226 valence electrons. The van der Waals surface area contributed by atoms with Gasteiger partial charge in [-0.1, -0.05) is 110 Å². The predicted molar refractivity (Wildman–Crippen MR) is 178 cm³/mol. The summed E-state index contributed by atoms with van der Waals surface area (Å²) in [5.41, 5.74) is 5.26. The lowest BCUT2D eigenvalue weighted by molar-refractivity contribution is -0.130. The number of rotatable bonds is 11. The van der Waals surface area contributed by atoms with Crippen LogP contribution in [-0.2, 0) is 9.59 Å². The van der Waals surface area contributed by atoms with E-state index in [2.05, 4.69) is 13.2 Å². The summed E-state index contributed by atoms with van der Waals surface area (Å²) in [6.07, 6.45) is 8.31.